The second-order valence-corrected chi connectivity index (χ2v) is 4.77. The first-order valence-electron chi connectivity index (χ1n) is 8.36. The van der Waals surface area contributed by atoms with E-state index in [4.69, 9.17) is 5.73 Å². The van der Waals surface area contributed by atoms with Crippen molar-refractivity contribution in [1.82, 2.24) is 5.32 Å². The molecule has 7 nitrogen and oxygen atoms in total. The molecule has 144 valence electrons. The molecule has 0 heterocycles. The number of carbonyl (C=O) groups excluding carboxylic acids is 3. The number of nitrogens with zero attached hydrogens (tertiary/aromatic N) is 1. The standard InChI is InChI=1S/C9H18N2O.C7H9NO3.C2H6/c1-8(2)9(12)11-7-5-3-4-6-10;1-6(2)7(10)11-4-3-8-5-9;1-2/h1,3-7,10H2,2H3,(H,11,12);1,3-4H2,2H3;1-2H3. The fourth-order valence-corrected chi connectivity index (χ4v) is 1.15. The van der Waals surface area contributed by atoms with E-state index in [-0.39, 0.29) is 19.1 Å². The van der Waals surface area contributed by atoms with Gasteiger partial charge in [0.15, 0.2) is 0 Å². The highest BCUT2D eigenvalue weighted by molar-refractivity contribution is 5.92. The molecule has 0 aromatic rings. The van der Waals surface area contributed by atoms with Gasteiger partial charge in [0.25, 0.3) is 0 Å². The second kappa shape index (κ2) is 21.8. The monoisotopic (exact) mass is 355 g/mol. The molecular weight excluding hydrogens is 322 g/mol. The first-order chi connectivity index (χ1) is 11.9. The Kier molecular flexibility index (Phi) is 24.0. The maximum atomic E-state index is 10.9. The van der Waals surface area contributed by atoms with Crippen molar-refractivity contribution in [3.63, 3.8) is 0 Å². The topological polar surface area (TPSA) is 111 Å². The number of hydrogen-bond donors (Lipinski definition) is 2. The van der Waals surface area contributed by atoms with Crippen LogP contribution in [0.2, 0.25) is 0 Å². The lowest BCUT2D eigenvalue weighted by Gasteiger charge is -2.03. The number of nitrogens with one attached hydrogen (secondary N) is 1. The molecule has 0 unspecified atom stereocenters. The van der Waals surface area contributed by atoms with E-state index in [0.717, 1.165) is 32.4 Å². The Hall–Kier alpha value is -2.24. The van der Waals surface area contributed by atoms with Crippen LogP contribution in [0.4, 0.5) is 0 Å². The number of hydrogen-bond acceptors (Lipinski definition) is 6. The zero-order valence-corrected chi connectivity index (χ0v) is 16.0. The molecule has 0 aromatic carbocycles. The Balaban J connectivity index is -0.000000353. The highest BCUT2D eigenvalue weighted by atomic mass is 16.5. The van der Waals surface area contributed by atoms with Gasteiger partial charge in [0.2, 0.25) is 12.0 Å². The average Bonchev–Trinajstić information content (AvgIpc) is 2.60. The van der Waals surface area contributed by atoms with Crippen LogP contribution in [0.5, 0.6) is 0 Å². The van der Waals surface area contributed by atoms with Crippen LogP contribution >= 0.6 is 0 Å². The van der Waals surface area contributed by atoms with Gasteiger partial charge in [-0.15, -0.1) is 0 Å². The van der Waals surface area contributed by atoms with Crippen molar-refractivity contribution in [3.05, 3.63) is 24.3 Å². The van der Waals surface area contributed by atoms with E-state index < -0.39 is 5.97 Å². The van der Waals surface area contributed by atoms with E-state index in [9.17, 15) is 14.4 Å². The lowest BCUT2D eigenvalue weighted by molar-refractivity contribution is -0.138. The number of aliphatic imine (C=N–C) groups is 1. The summed E-state index contributed by atoms with van der Waals surface area (Å²) in [5, 5.41) is 2.76. The van der Waals surface area contributed by atoms with Crippen molar-refractivity contribution >= 4 is 18.0 Å². The molecule has 0 saturated heterocycles. The Labute approximate surface area is 151 Å². The molecule has 0 fully saturated rings. The Morgan fingerprint density at radius 2 is 1.72 bits per heavy atom. The molecule has 25 heavy (non-hydrogen) atoms. The van der Waals surface area contributed by atoms with Gasteiger partial charge in [-0.05, 0) is 33.2 Å². The first-order valence-corrected chi connectivity index (χ1v) is 8.36. The van der Waals surface area contributed by atoms with Crippen molar-refractivity contribution in [1.29, 1.82) is 0 Å². The minimum atomic E-state index is -0.467. The van der Waals surface area contributed by atoms with Crippen LogP contribution in [-0.2, 0) is 19.1 Å². The molecule has 1 amide bonds. The van der Waals surface area contributed by atoms with Gasteiger partial charge in [0.05, 0.1) is 6.54 Å². The summed E-state index contributed by atoms with van der Waals surface area (Å²) in [5.41, 5.74) is 6.21. The Bertz CT molecular complexity index is 442. The van der Waals surface area contributed by atoms with E-state index in [1.165, 1.54) is 6.08 Å². The average molecular weight is 355 g/mol. The van der Waals surface area contributed by atoms with E-state index in [1.807, 2.05) is 13.8 Å². The minimum absolute atomic E-state index is 0.0530. The van der Waals surface area contributed by atoms with Gasteiger partial charge in [-0.3, -0.25) is 4.79 Å². The molecule has 0 bridgehead atoms. The number of unbranched alkanes of at least 4 members (excludes halogenated alkanes) is 2. The SMILES string of the molecule is C=C(C)C(=O)NCCCCCN.C=C(C)C(=O)OCCN=C=O.CC. The van der Waals surface area contributed by atoms with Gasteiger partial charge in [-0.1, -0.05) is 33.4 Å². The third kappa shape index (κ3) is 24.1. The number of carbonyl (C=O) groups is 2. The van der Waals surface area contributed by atoms with E-state index in [0.29, 0.717) is 11.1 Å². The molecule has 0 saturated carbocycles. The molecule has 3 N–H and O–H groups in total. The number of rotatable bonds is 10. The lowest BCUT2D eigenvalue weighted by atomic mass is 10.2. The van der Waals surface area contributed by atoms with Crippen molar-refractivity contribution in [2.45, 2.75) is 47.0 Å². The molecule has 7 heteroatoms. The van der Waals surface area contributed by atoms with E-state index in [1.54, 1.807) is 13.8 Å². The molecule has 0 aliphatic heterocycles. The largest absolute Gasteiger partial charge is 0.460 e. The third-order valence-corrected chi connectivity index (χ3v) is 2.40. The fraction of sp³-hybridized carbons (Fsp3) is 0.611. The van der Waals surface area contributed by atoms with Gasteiger partial charge in [0, 0.05) is 17.7 Å². The zero-order valence-electron chi connectivity index (χ0n) is 16.0. The smallest absolute Gasteiger partial charge is 0.333 e. The molecule has 0 radical (unpaired) electrons. The number of ether oxygens (including phenoxy) is 1. The number of isocyanates is 1. The number of nitrogens with two attached hydrogens (primary N) is 1. The summed E-state index contributed by atoms with van der Waals surface area (Å²) in [6.45, 7) is 15.9. The maximum Gasteiger partial charge on any atom is 0.333 e. The minimum Gasteiger partial charge on any atom is -0.460 e. The normalized spacial score (nSPS) is 8.36. The maximum absolute atomic E-state index is 10.9. The van der Waals surface area contributed by atoms with Crippen LogP contribution in [0.25, 0.3) is 0 Å². The highest BCUT2D eigenvalue weighted by Crippen LogP contribution is 1.92. The van der Waals surface area contributed by atoms with E-state index >= 15 is 0 Å². The van der Waals surface area contributed by atoms with Gasteiger partial charge in [-0.2, -0.15) is 0 Å². The van der Waals surface area contributed by atoms with Gasteiger partial charge in [-0.25, -0.2) is 14.6 Å². The van der Waals surface area contributed by atoms with E-state index in [2.05, 4.69) is 28.2 Å². The fourth-order valence-electron chi connectivity index (χ4n) is 1.15. The van der Waals surface area contributed by atoms with Crippen molar-refractivity contribution in [2.75, 3.05) is 26.2 Å². The predicted molar refractivity (Wildman–Crippen MR) is 101 cm³/mol. The molecule has 0 aliphatic carbocycles. The van der Waals surface area contributed by atoms with Crippen LogP contribution in [0.3, 0.4) is 0 Å². The summed E-state index contributed by atoms with van der Waals surface area (Å²) >= 11 is 0. The van der Waals surface area contributed by atoms with Gasteiger partial charge < -0.3 is 15.8 Å². The molecule has 0 aromatic heterocycles. The van der Waals surface area contributed by atoms with Crippen LogP contribution < -0.4 is 11.1 Å². The number of esters is 1. The Morgan fingerprint density at radius 1 is 1.12 bits per heavy atom. The summed E-state index contributed by atoms with van der Waals surface area (Å²) in [7, 11) is 0. The highest BCUT2D eigenvalue weighted by Gasteiger charge is 2.00. The summed E-state index contributed by atoms with van der Waals surface area (Å²) in [4.78, 5) is 34.3. The first kappa shape index (κ1) is 27.6. The summed E-state index contributed by atoms with van der Waals surface area (Å²) in [6, 6.07) is 0. The second-order valence-electron chi connectivity index (χ2n) is 4.77. The van der Waals surface area contributed by atoms with Crippen LogP contribution in [-0.4, -0.2) is 44.2 Å². The zero-order chi connectivity index (χ0) is 20.1. The molecular formula is C18H33N3O4. The number of amides is 1. The summed E-state index contributed by atoms with van der Waals surface area (Å²) < 4.78 is 4.59. The van der Waals surface area contributed by atoms with Crippen molar-refractivity contribution in [3.8, 4) is 0 Å². The third-order valence-electron chi connectivity index (χ3n) is 2.40. The predicted octanol–water partition coefficient (Wildman–Crippen LogP) is 2.28. The van der Waals surface area contributed by atoms with Gasteiger partial charge in [0.1, 0.15) is 6.61 Å². The molecule has 0 spiro atoms. The van der Waals surface area contributed by atoms with Crippen molar-refractivity contribution in [2.24, 2.45) is 10.7 Å². The summed E-state index contributed by atoms with van der Waals surface area (Å²) in [5.74, 6) is -0.520. The van der Waals surface area contributed by atoms with Crippen LogP contribution in [0.15, 0.2) is 29.3 Å². The quantitative estimate of drug-likeness (QED) is 0.205. The molecule has 0 rings (SSSR count). The summed E-state index contributed by atoms with van der Waals surface area (Å²) in [6.07, 6.45) is 4.44. The van der Waals surface area contributed by atoms with Crippen molar-refractivity contribution < 1.29 is 19.1 Å². The van der Waals surface area contributed by atoms with Gasteiger partial charge >= 0.3 is 5.97 Å². The molecule has 0 aliphatic rings. The van der Waals surface area contributed by atoms with Crippen LogP contribution in [0, 0.1) is 0 Å². The Morgan fingerprint density at radius 3 is 2.16 bits per heavy atom. The lowest BCUT2D eigenvalue weighted by Crippen LogP contribution is -2.24. The molecule has 0 atom stereocenters. The van der Waals surface area contributed by atoms with Crippen LogP contribution in [0.1, 0.15) is 47.0 Å².